The summed E-state index contributed by atoms with van der Waals surface area (Å²) in [5.74, 6) is 0.421. The summed E-state index contributed by atoms with van der Waals surface area (Å²) in [4.78, 5) is 14.4. The first kappa shape index (κ1) is 17.4. The van der Waals surface area contributed by atoms with Crippen LogP contribution in [0.25, 0.3) is 0 Å². The number of benzene rings is 1. The summed E-state index contributed by atoms with van der Waals surface area (Å²) < 4.78 is 0. The van der Waals surface area contributed by atoms with Gasteiger partial charge >= 0.3 is 6.03 Å². The fraction of sp³-hybridized carbons (Fsp3) is 0.562. The van der Waals surface area contributed by atoms with Crippen LogP contribution in [-0.2, 0) is 0 Å². The lowest BCUT2D eigenvalue weighted by Crippen LogP contribution is -2.39. The summed E-state index contributed by atoms with van der Waals surface area (Å²) in [6, 6.07) is 4.76. The number of hydrogen-bond donors (Lipinski definition) is 2. The number of urea groups is 1. The Hall–Kier alpha value is -0.970. The SMILES string of the molecule is CC(CNC(=O)Nc1ccc(Cl)cc1Cl)CN1CCCCC1. The van der Waals surface area contributed by atoms with E-state index in [1.807, 2.05) is 0 Å². The van der Waals surface area contributed by atoms with Crippen LogP contribution in [0.15, 0.2) is 18.2 Å². The fourth-order valence-electron chi connectivity index (χ4n) is 2.67. The Kier molecular flexibility index (Phi) is 6.80. The number of amides is 2. The summed E-state index contributed by atoms with van der Waals surface area (Å²) in [6.07, 6.45) is 3.92. The quantitative estimate of drug-likeness (QED) is 0.839. The fourth-order valence-corrected chi connectivity index (χ4v) is 3.13. The van der Waals surface area contributed by atoms with Gasteiger partial charge in [0.1, 0.15) is 0 Å². The van der Waals surface area contributed by atoms with E-state index in [1.165, 1.54) is 32.4 Å². The van der Waals surface area contributed by atoms with E-state index in [-0.39, 0.29) is 6.03 Å². The van der Waals surface area contributed by atoms with Crippen LogP contribution in [0.2, 0.25) is 10.0 Å². The lowest BCUT2D eigenvalue weighted by molar-refractivity contribution is 0.198. The molecule has 4 nitrogen and oxygen atoms in total. The predicted molar refractivity (Wildman–Crippen MR) is 92.9 cm³/mol. The van der Waals surface area contributed by atoms with Crippen molar-refractivity contribution in [2.75, 3.05) is 31.5 Å². The van der Waals surface area contributed by atoms with Gasteiger partial charge in [-0.05, 0) is 50.0 Å². The van der Waals surface area contributed by atoms with Gasteiger partial charge in [-0.2, -0.15) is 0 Å². The van der Waals surface area contributed by atoms with Crippen LogP contribution in [0, 0.1) is 5.92 Å². The molecular weight excluding hydrogens is 321 g/mol. The second kappa shape index (κ2) is 8.61. The Labute approximate surface area is 142 Å². The van der Waals surface area contributed by atoms with E-state index >= 15 is 0 Å². The summed E-state index contributed by atoms with van der Waals surface area (Å²) in [5.41, 5.74) is 0.562. The largest absolute Gasteiger partial charge is 0.338 e. The average Bonchev–Trinajstić information content (AvgIpc) is 2.49. The number of carbonyl (C=O) groups excluding carboxylic acids is 1. The number of rotatable bonds is 5. The van der Waals surface area contributed by atoms with Crippen molar-refractivity contribution in [1.29, 1.82) is 0 Å². The molecule has 1 aromatic rings. The van der Waals surface area contributed by atoms with Crippen molar-refractivity contribution < 1.29 is 4.79 Å². The average molecular weight is 344 g/mol. The van der Waals surface area contributed by atoms with Crippen molar-refractivity contribution >= 4 is 34.9 Å². The van der Waals surface area contributed by atoms with E-state index in [9.17, 15) is 4.79 Å². The molecule has 2 amide bonds. The normalized spacial score (nSPS) is 17.0. The van der Waals surface area contributed by atoms with Crippen molar-refractivity contribution in [3.8, 4) is 0 Å². The molecule has 0 aromatic heterocycles. The van der Waals surface area contributed by atoms with Crippen molar-refractivity contribution in [3.63, 3.8) is 0 Å². The van der Waals surface area contributed by atoms with Crippen LogP contribution < -0.4 is 10.6 Å². The topological polar surface area (TPSA) is 44.4 Å². The molecular formula is C16H23Cl2N3O. The van der Waals surface area contributed by atoms with Gasteiger partial charge in [0.25, 0.3) is 0 Å². The van der Waals surface area contributed by atoms with Gasteiger partial charge in [0.15, 0.2) is 0 Å². The Morgan fingerprint density at radius 2 is 2.00 bits per heavy atom. The molecule has 6 heteroatoms. The molecule has 2 N–H and O–H groups in total. The molecule has 0 spiro atoms. The van der Waals surface area contributed by atoms with Gasteiger partial charge in [-0.3, -0.25) is 0 Å². The van der Waals surface area contributed by atoms with Gasteiger partial charge < -0.3 is 15.5 Å². The molecule has 0 bridgehead atoms. The number of halogens is 2. The first-order valence-electron chi connectivity index (χ1n) is 7.77. The maximum absolute atomic E-state index is 11.9. The molecule has 0 radical (unpaired) electrons. The van der Waals surface area contributed by atoms with Gasteiger partial charge in [-0.15, -0.1) is 0 Å². The lowest BCUT2D eigenvalue weighted by Gasteiger charge is -2.29. The van der Waals surface area contributed by atoms with E-state index in [2.05, 4.69) is 22.5 Å². The van der Waals surface area contributed by atoms with Gasteiger partial charge in [0.05, 0.1) is 10.7 Å². The number of anilines is 1. The molecule has 0 aliphatic carbocycles. The molecule has 1 aliphatic rings. The van der Waals surface area contributed by atoms with Crippen LogP contribution in [-0.4, -0.2) is 37.1 Å². The number of hydrogen-bond acceptors (Lipinski definition) is 2. The number of carbonyl (C=O) groups is 1. The van der Waals surface area contributed by atoms with E-state index in [1.54, 1.807) is 18.2 Å². The maximum atomic E-state index is 11.9. The van der Waals surface area contributed by atoms with E-state index in [0.717, 1.165) is 6.54 Å². The molecule has 2 rings (SSSR count). The smallest absolute Gasteiger partial charge is 0.319 e. The highest BCUT2D eigenvalue weighted by atomic mass is 35.5. The van der Waals surface area contributed by atoms with E-state index in [0.29, 0.717) is 28.2 Å². The van der Waals surface area contributed by atoms with Crippen molar-refractivity contribution in [3.05, 3.63) is 28.2 Å². The number of nitrogens with one attached hydrogen (secondary N) is 2. The molecule has 1 unspecified atom stereocenters. The van der Waals surface area contributed by atoms with Crippen molar-refractivity contribution in [2.24, 2.45) is 5.92 Å². The lowest BCUT2D eigenvalue weighted by atomic mass is 10.1. The predicted octanol–water partition coefficient (Wildman–Crippen LogP) is 4.24. The molecule has 122 valence electrons. The summed E-state index contributed by atoms with van der Waals surface area (Å²) in [5, 5.41) is 6.62. The highest BCUT2D eigenvalue weighted by Gasteiger charge is 2.14. The second-order valence-corrected chi connectivity index (χ2v) is 6.77. The highest BCUT2D eigenvalue weighted by molar-refractivity contribution is 6.36. The van der Waals surface area contributed by atoms with Crippen LogP contribution in [0.1, 0.15) is 26.2 Å². The first-order valence-corrected chi connectivity index (χ1v) is 8.52. The maximum Gasteiger partial charge on any atom is 0.319 e. The monoisotopic (exact) mass is 343 g/mol. The number of nitrogens with zero attached hydrogens (tertiary/aromatic N) is 1. The zero-order valence-electron chi connectivity index (χ0n) is 12.9. The second-order valence-electron chi connectivity index (χ2n) is 5.93. The third-order valence-electron chi connectivity index (χ3n) is 3.81. The van der Waals surface area contributed by atoms with Crippen LogP contribution in [0.4, 0.5) is 10.5 Å². The molecule has 1 saturated heterocycles. The van der Waals surface area contributed by atoms with E-state index < -0.39 is 0 Å². The minimum atomic E-state index is -0.241. The molecule has 1 fully saturated rings. The van der Waals surface area contributed by atoms with Crippen molar-refractivity contribution in [1.82, 2.24) is 10.2 Å². The highest BCUT2D eigenvalue weighted by Crippen LogP contribution is 2.25. The summed E-state index contributed by atoms with van der Waals surface area (Å²) >= 11 is 11.9. The number of likely N-dealkylation sites (tertiary alicyclic amines) is 1. The summed E-state index contributed by atoms with van der Waals surface area (Å²) in [7, 11) is 0. The van der Waals surface area contributed by atoms with Crippen LogP contribution in [0.3, 0.4) is 0 Å². The van der Waals surface area contributed by atoms with E-state index in [4.69, 9.17) is 23.2 Å². The Morgan fingerprint density at radius 1 is 1.27 bits per heavy atom. The molecule has 1 atom stereocenters. The molecule has 0 saturated carbocycles. The van der Waals surface area contributed by atoms with Gasteiger partial charge in [0, 0.05) is 18.1 Å². The van der Waals surface area contributed by atoms with Crippen molar-refractivity contribution in [2.45, 2.75) is 26.2 Å². The third-order valence-corrected chi connectivity index (χ3v) is 4.36. The Balaban J connectivity index is 1.72. The van der Waals surface area contributed by atoms with Gasteiger partial charge in [0.2, 0.25) is 0 Å². The van der Waals surface area contributed by atoms with Gasteiger partial charge in [-0.1, -0.05) is 36.5 Å². The first-order chi connectivity index (χ1) is 10.5. The standard InChI is InChI=1S/C16H23Cl2N3O/c1-12(11-21-7-3-2-4-8-21)10-19-16(22)20-15-6-5-13(17)9-14(15)18/h5-6,9,12H,2-4,7-8,10-11H2,1H3,(H2,19,20,22). The Bertz CT molecular complexity index is 504. The summed E-state index contributed by atoms with van der Waals surface area (Å²) in [6.45, 7) is 6.19. The zero-order valence-corrected chi connectivity index (χ0v) is 14.4. The zero-order chi connectivity index (χ0) is 15.9. The molecule has 1 aliphatic heterocycles. The molecule has 1 aromatic carbocycles. The molecule has 22 heavy (non-hydrogen) atoms. The Morgan fingerprint density at radius 3 is 2.68 bits per heavy atom. The molecule has 1 heterocycles. The van der Waals surface area contributed by atoms with Crippen LogP contribution >= 0.6 is 23.2 Å². The van der Waals surface area contributed by atoms with Crippen LogP contribution in [0.5, 0.6) is 0 Å². The third kappa shape index (κ3) is 5.67. The van der Waals surface area contributed by atoms with Gasteiger partial charge in [-0.25, -0.2) is 4.79 Å². The minimum absolute atomic E-state index is 0.241. The minimum Gasteiger partial charge on any atom is -0.338 e. The number of piperidine rings is 1.